The summed E-state index contributed by atoms with van der Waals surface area (Å²) in [6.45, 7) is -1.38. The third kappa shape index (κ3) is 3.83. The molecule has 0 rings (SSSR count). The summed E-state index contributed by atoms with van der Waals surface area (Å²) >= 11 is 0. The van der Waals surface area contributed by atoms with Gasteiger partial charge in [-0.25, -0.2) is 4.79 Å². The zero-order chi connectivity index (χ0) is 11.1. The van der Waals surface area contributed by atoms with Crippen LogP contribution in [-0.2, 0) is 9.59 Å². The van der Waals surface area contributed by atoms with Gasteiger partial charge in [0.2, 0.25) is 5.91 Å². The molecule has 0 saturated heterocycles. The number of carbonyl (C=O) groups excluding carboxylic acids is 1. The molecule has 0 aromatic carbocycles. The number of carboxylic acid groups (broad SMARTS) is 1. The Hall–Kier alpha value is -1.18. The summed E-state index contributed by atoms with van der Waals surface area (Å²) < 4.78 is 6.62. The highest BCUT2D eigenvalue weighted by molar-refractivity contribution is 5.86. The van der Waals surface area contributed by atoms with Crippen LogP contribution in [-0.4, -0.2) is 52.5 Å². The standard InChI is InChI=1S/C6H12N2O5/c7-3(1-9)5(11)8-4(2-10)6(12)13/h3-4,9-10H,1-2,7H2,(H,8,11)(H,12,13)/t3-,4+/m1/s1/i/hD. The molecule has 0 radical (unpaired) electrons. The van der Waals surface area contributed by atoms with E-state index in [4.69, 9.17) is 16.7 Å². The molecule has 13 heavy (non-hydrogen) atoms. The number of aliphatic carboxylic acids is 1. The highest BCUT2D eigenvalue weighted by Gasteiger charge is 2.21. The van der Waals surface area contributed by atoms with Gasteiger partial charge in [-0.2, -0.15) is 0 Å². The van der Waals surface area contributed by atoms with Crippen molar-refractivity contribution in [3.05, 3.63) is 0 Å². The highest BCUT2D eigenvalue weighted by Crippen LogP contribution is 1.84. The lowest BCUT2D eigenvalue weighted by Gasteiger charge is -2.14. The van der Waals surface area contributed by atoms with E-state index >= 15 is 0 Å². The second-order valence-electron chi connectivity index (χ2n) is 2.32. The lowest BCUT2D eigenvalue weighted by atomic mass is 10.2. The molecule has 0 aromatic heterocycles. The average molecular weight is 193 g/mol. The minimum atomic E-state index is -1.43. The van der Waals surface area contributed by atoms with Crippen molar-refractivity contribution < 1.29 is 26.3 Å². The van der Waals surface area contributed by atoms with Gasteiger partial charge in [-0.1, -0.05) is 0 Å². The summed E-state index contributed by atoms with van der Waals surface area (Å²) in [5, 5.41) is 27.5. The third-order valence-electron chi connectivity index (χ3n) is 1.30. The monoisotopic (exact) mass is 193 g/mol. The van der Waals surface area contributed by atoms with Crippen molar-refractivity contribution in [3.63, 3.8) is 0 Å². The molecular formula is C6H12N2O5. The number of nitrogens with one attached hydrogen (secondary N) is 1. The molecule has 6 N–H and O–H groups in total. The molecule has 2 atom stereocenters. The fraction of sp³-hybridized carbons (Fsp3) is 0.667. The Labute approximate surface area is 75.6 Å². The molecule has 0 unspecified atom stereocenters. The van der Waals surface area contributed by atoms with E-state index in [2.05, 4.69) is 0 Å². The summed E-state index contributed by atoms with van der Waals surface area (Å²) in [4.78, 5) is 21.4. The Bertz CT molecular complexity index is 208. The highest BCUT2D eigenvalue weighted by atomic mass is 16.4. The quantitative estimate of drug-likeness (QED) is 0.303. The maximum Gasteiger partial charge on any atom is 0.328 e. The maximum absolute atomic E-state index is 11.1. The van der Waals surface area contributed by atoms with E-state index in [-0.39, 0.29) is 0 Å². The van der Waals surface area contributed by atoms with E-state index < -0.39 is 37.2 Å². The second kappa shape index (κ2) is 5.46. The first-order chi connectivity index (χ1) is 6.56. The number of carboxylic acids is 1. The smallest absolute Gasteiger partial charge is 0.328 e. The van der Waals surface area contributed by atoms with Crippen LogP contribution in [0.3, 0.4) is 0 Å². The van der Waals surface area contributed by atoms with E-state index in [0.717, 1.165) is 0 Å². The summed E-state index contributed by atoms with van der Waals surface area (Å²) in [5.74, 6) is -2.24. The summed E-state index contributed by atoms with van der Waals surface area (Å²) in [5.41, 5.74) is 1.73. The number of aliphatic hydroxyl groups is 2. The van der Waals surface area contributed by atoms with Crippen LogP contribution < -0.4 is 11.0 Å². The van der Waals surface area contributed by atoms with E-state index in [1.807, 2.05) is 5.32 Å². The Morgan fingerprint density at radius 2 is 2.08 bits per heavy atom. The van der Waals surface area contributed by atoms with Crippen LogP contribution in [0.4, 0.5) is 0 Å². The van der Waals surface area contributed by atoms with Gasteiger partial charge in [0.05, 0.1) is 13.2 Å². The van der Waals surface area contributed by atoms with Gasteiger partial charge in [-0.15, -0.1) is 0 Å². The first-order valence-electron chi connectivity index (χ1n) is 3.99. The molecule has 7 heteroatoms. The Morgan fingerprint density at radius 1 is 1.46 bits per heavy atom. The molecule has 0 aromatic rings. The van der Waals surface area contributed by atoms with Crippen LogP contribution >= 0.6 is 0 Å². The van der Waals surface area contributed by atoms with Gasteiger partial charge >= 0.3 is 5.97 Å². The number of nitrogens with two attached hydrogens (primary N) is 1. The van der Waals surface area contributed by atoms with Gasteiger partial charge in [0, 0.05) is 0 Å². The molecule has 0 aliphatic rings. The fourth-order valence-electron chi connectivity index (χ4n) is 0.541. The first kappa shape index (κ1) is 9.90. The summed E-state index contributed by atoms with van der Waals surface area (Å²) in [6.07, 6.45) is 0. The third-order valence-corrected chi connectivity index (χ3v) is 1.30. The topological polar surface area (TPSA) is 133 Å². The largest absolute Gasteiger partial charge is 0.480 e. The van der Waals surface area contributed by atoms with Gasteiger partial charge in [0.15, 0.2) is 0 Å². The van der Waals surface area contributed by atoms with Crippen LogP contribution in [0.2, 0.25) is 1.41 Å². The van der Waals surface area contributed by atoms with Crippen LogP contribution in [0.1, 0.15) is 0 Å². The maximum atomic E-state index is 11.1. The van der Waals surface area contributed by atoms with Gasteiger partial charge in [0.25, 0.3) is 0 Å². The van der Waals surface area contributed by atoms with Crippen LogP contribution in [0, 0.1) is 0 Å². The Kier molecular flexibility index (Phi) is 4.16. The summed E-state index contributed by atoms with van der Waals surface area (Å²) in [7, 11) is 0. The molecule has 7 nitrogen and oxygen atoms in total. The zero-order valence-electron chi connectivity index (χ0n) is 7.73. The molecule has 1 amide bonds. The SMILES string of the molecule is [2H]N[C@H](CO)C(=O)N[C@@H](CO)C(=O)O. The predicted octanol–water partition coefficient (Wildman–Crippen LogP) is -3.13. The molecule has 0 aliphatic carbocycles. The second-order valence-corrected chi connectivity index (χ2v) is 2.32. The fourth-order valence-corrected chi connectivity index (χ4v) is 0.541. The molecule has 0 spiro atoms. The van der Waals surface area contributed by atoms with Gasteiger partial charge in [0.1, 0.15) is 13.5 Å². The Morgan fingerprint density at radius 3 is 2.38 bits per heavy atom. The lowest BCUT2D eigenvalue weighted by molar-refractivity contribution is -0.143. The Balaban J connectivity index is 4.20. The van der Waals surface area contributed by atoms with Gasteiger partial charge < -0.3 is 26.4 Å². The number of amides is 1. The van der Waals surface area contributed by atoms with E-state index in [1.54, 1.807) is 5.73 Å². The number of rotatable bonds is 6. The number of carbonyl (C=O) groups is 2. The van der Waals surface area contributed by atoms with Crippen molar-refractivity contribution in [1.82, 2.24) is 5.32 Å². The minimum Gasteiger partial charge on any atom is -0.480 e. The molecule has 0 fully saturated rings. The number of aliphatic hydroxyl groups excluding tert-OH is 2. The van der Waals surface area contributed by atoms with Crippen LogP contribution in [0.25, 0.3) is 0 Å². The van der Waals surface area contributed by atoms with Gasteiger partial charge in [-0.3, -0.25) is 4.79 Å². The average Bonchev–Trinajstić information content (AvgIpc) is 2.15. The molecule has 0 bridgehead atoms. The van der Waals surface area contributed by atoms with Crippen molar-refractivity contribution in [2.75, 3.05) is 13.2 Å². The predicted molar refractivity (Wildman–Crippen MR) is 41.7 cm³/mol. The van der Waals surface area contributed by atoms with Crippen molar-refractivity contribution in [1.29, 1.82) is 0 Å². The van der Waals surface area contributed by atoms with Crippen LogP contribution in [0.15, 0.2) is 0 Å². The molecule has 76 valence electrons. The normalized spacial score (nSPS) is 15.7. The van der Waals surface area contributed by atoms with E-state index in [0.29, 0.717) is 0 Å². The molecule has 0 heterocycles. The van der Waals surface area contributed by atoms with Crippen molar-refractivity contribution >= 4 is 11.9 Å². The first-order valence-corrected chi connectivity index (χ1v) is 3.49. The van der Waals surface area contributed by atoms with Crippen LogP contribution in [0.5, 0.6) is 0 Å². The number of hydrogen-bond donors (Lipinski definition) is 5. The molecule has 0 saturated carbocycles. The zero-order valence-corrected chi connectivity index (χ0v) is 6.73. The number of hydrogen-bond acceptors (Lipinski definition) is 5. The van der Waals surface area contributed by atoms with E-state index in [1.165, 1.54) is 0 Å². The molecule has 0 aliphatic heterocycles. The molecular weight excluding hydrogens is 180 g/mol. The minimum absolute atomic E-state index is 0.632. The van der Waals surface area contributed by atoms with Crippen molar-refractivity contribution in [3.8, 4) is 0 Å². The van der Waals surface area contributed by atoms with Crippen molar-refractivity contribution in [2.24, 2.45) is 5.73 Å². The lowest BCUT2D eigenvalue weighted by Crippen LogP contribution is -2.51. The van der Waals surface area contributed by atoms with E-state index in [9.17, 15) is 9.59 Å². The summed E-state index contributed by atoms with van der Waals surface area (Å²) in [6, 6.07) is -2.63. The van der Waals surface area contributed by atoms with Crippen molar-refractivity contribution in [2.45, 2.75) is 12.1 Å². The van der Waals surface area contributed by atoms with Gasteiger partial charge in [-0.05, 0) is 0 Å².